The molecule has 1 aromatic rings. The largest absolute Gasteiger partial charge is 0.461 e. The van der Waals surface area contributed by atoms with Gasteiger partial charge in [0.05, 0.1) is 5.92 Å². The van der Waals surface area contributed by atoms with Gasteiger partial charge >= 0.3 is 5.97 Å². The van der Waals surface area contributed by atoms with Crippen molar-refractivity contribution in [3.63, 3.8) is 0 Å². The van der Waals surface area contributed by atoms with Crippen LogP contribution in [0.15, 0.2) is 24.3 Å². The summed E-state index contributed by atoms with van der Waals surface area (Å²) in [4.78, 5) is 11.8. The number of hydrogen-bond acceptors (Lipinski definition) is 3. The maximum atomic E-state index is 11.8. The van der Waals surface area contributed by atoms with Gasteiger partial charge in [0.25, 0.3) is 0 Å². The smallest absolute Gasteiger partial charge is 0.309 e. The summed E-state index contributed by atoms with van der Waals surface area (Å²) < 4.78 is 5.36. The minimum Gasteiger partial charge on any atom is -0.461 e. The Morgan fingerprint density at radius 3 is 2.88 bits per heavy atom. The molecule has 1 aromatic carbocycles. The summed E-state index contributed by atoms with van der Waals surface area (Å²) in [6.07, 6.45) is 1.79. The van der Waals surface area contributed by atoms with Crippen LogP contribution in [0, 0.1) is 12.8 Å². The van der Waals surface area contributed by atoms with Gasteiger partial charge in [0.2, 0.25) is 0 Å². The standard InChI is InChI=1S/C14H19NO2/c1-11-3-2-4-12(9-11)10-17-14(16)13-5-7-15-8-6-13/h2-4,9,13,15H,5-8,10H2,1H3. The van der Waals surface area contributed by atoms with Crippen molar-refractivity contribution in [3.05, 3.63) is 35.4 Å². The Balaban J connectivity index is 1.83. The van der Waals surface area contributed by atoms with Crippen LogP contribution >= 0.6 is 0 Å². The molecule has 0 aromatic heterocycles. The predicted molar refractivity (Wildman–Crippen MR) is 66.6 cm³/mol. The van der Waals surface area contributed by atoms with Crippen LogP contribution in [-0.4, -0.2) is 19.1 Å². The number of benzene rings is 1. The lowest BCUT2D eigenvalue weighted by Gasteiger charge is -2.20. The summed E-state index contributed by atoms with van der Waals surface area (Å²) in [5.41, 5.74) is 2.26. The van der Waals surface area contributed by atoms with Gasteiger partial charge in [-0.1, -0.05) is 29.8 Å². The molecule has 0 amide bonds. The lowest BCUT2D eigenvalue weighted by Crippen LogP contribution is -2.32. The first-order valence-corrected chi connectivity index (χ1v) is 6.18. The summed E-state index contributed by atoms with van der Waals surface area (Å²) in [5, 5.41) is 3.24. The highest BCUT2D eigenvalue weighted by atomic mass is 16.5. The maximum Gasteiger partial charge on any atom is 0.309 e. The molecule has 0 aliphatic carbocycles. The molecule has 1 N–H and O–H groups in total. The fraction of sp³-hybridized carbons (Fsp3) is 0.500. The van der Waals surface area contributed by atoms with Gasteiger partial charge < -0.3 is 10.1 Å². The van der Waals surface area contributed by atoms with Crippen molar-refractivity contribution in [1.82, 2.24) is 5.32 Å². The van der Waals surface area contributed by atoms with Crippen LogP contribution in [0.5, 0.6) is 0 Å². The maximum absolute atomic E-state index is 11.8. The molecule has 0 radical (unpaired) electrons. The second-order valence-corrected chi connectivity index (χ2v) is 4.62. The van der Waals surface area contributed by atoms with Crippen molar-refractivity contribution in [2.24, 2.45) is 5.92 Å². The minimum atomic E-state index is -0.0481. The number of aryl methyl sites for hydroxylation is 1. The van der Waals surface area contributed by atoms with E-state index in [1.807, 2.05) is 25.1 Å². The number of carbonyl (C=O) groups excluding carboxylic acids is 1. The van der Waals surface area contributed by atoms with Crippen LogP contribution in [0.25, 0.3) is 0 Å². The van der Waals surface area contributed by atoms with E-state index in [1.165, 1.54) is 5.56 Å². The molecule has 92 valence electrons. The normalized spacial score (nSPS) is 16.8. The zero-order valence-corrected chi connectivity index (χ0v) is 10.2. The average molecular weight is 233 g/mol. The molecule has 17 heavy (non-hydrogen) atoms. The second-order valence-electron chi connectivity index (χ2n) is 4.62. The van der Waals surface area contributed by atoms with Crippen molar-refractivity contribution in [3.8, 4) is 0 Å². The molecule has 0 bridgehead atoms. The third-order valence-corrected chi connectivity index (χ3v) is 3.14. The fourth-order valence-corrected chi connectivity index (χ4v) is 2.13. The quantitative estimate of drug-likeness (QED) is 0.812. The van der Waals surface area contributed by atoms with E-state index in [0.29, 0.717) is 6.61 Å². The summed E-state index contributed by atoms with van der Waals surface area (Å²) in [6, 6.07) is 8.07. The Bertz CT molecular complexity index is 384. The van der Waals surface area contributed by atoms with Crippen molar-refractivity contribution in [1.29, 1.82) is 0 Å². The molecule has 1 heterocycles. The highest BCUT2D eigenvalue weighted by molar-refractivity contribution is 5.72. The fourth-order valence-electron chi connectivity index (χ4n) is 2.13. The van der Waals surface area contributed by atoms with Gasteiger partial charge in [-0.2, -0.15) is 0 Å². The Labute approximate surface area is 102 Å². The number of esters is 1. The van der Waals surface area contributed by atoms with Gasteiger partial charge in [0, 0.05) is 0 Å². The number of carbonyl (C=O) groups is 1. The topological polar surface area (TPSA) is 38.3 Å². The summed E-state index contributed by atoms with van der Waals surface area (Å²) in [6.45, 7) is 4.27. The van der Waals surface area contributed by atoms with Crippen molar-refractivity contribution in [2.45, 2.75) is 26.4 Å². The van der Waals surface area contributed by atoms with Gasteiger partial charge in [-0.25, -0.2) is 0 Å². The molecule has 3 heteroatoms. The van der Waals surface area contributed by atoms with Gasteiger partial charge in [-0.05, 0) is 38.4 Å². The predicted octanol–water partition coefficient (Wildman–Crippen LogP) is 2.04. The Morgan fingerprint density at radius 2 is 2.18 bits per heavy atom. The van der Waals surface area contributed by atoms with E-state index in [2.05, 4.69) is 11.4 Å². The monoisotopic (exact) mass is 233 g/mol. The van der Waals surface area contributed by atoms with Crippen LogP contribution in [-0.2, 0) is 16.1 Å². The van der Waals surface area contributed by atoms with Gasteiger partial charge in [0.1, 0.15) is 6.61 Å². The first kappa shape index (κ1) is 12.1. The second kappa shape index (κ2) is 5.82. The third kappa shape index (κ3) is 3.56. The Kier molecular flexibility index (Phi) is 4.15. The number of rotatable bonds is 3. The Morgan fingerprint density at radius 1 is 1.41 bits per heavy atom. The van der Waals surface area contributed by atoms with E-state index in [4.69, 9.17) is 4.74 Å². The van der Waals surface area contributed by atoms with E-state index in [1.54, 1.807) is 0 Å². The molecule has 1 aliphatic rings. The van der Waals surface area contributed by atoms with Crippen LogP contribution in [0.4, 0.5) is 0 Å². The number of hydrogen-bond donors (Lipinski definition) is 1. The molecule has 0 spiro atoms. The van der Waals surface area contributed by atoms with E-state index in [-0.39, 0.29) is 11.9 Å². The molecule has 1 saturated heterocycles. The zero-order chi connectivity index (χ0) is 12.1. The van der Waals surface area contributed by atoms with Gasteiger partial charge in [-0.15, -0.1) is 0 Å². The molecule has 0 atom stereocenters. The lowest BCUT2D eigenvalue weighted by atomic mass is 9.98. The zero-order valence-electron chi connectivity index (χ0n) is 10.2. The molecule has 1 aliphatic heterocycles. The van der Waals surface area contributed by atoms with Crippen LogP contribution < -0.4 is 5.32 Å². The van der Waals surface area contributed by atoms with Crippen molar-refractivity contribution in [2.75, 3.05) is 13.1 Å². The van der Waals surface area contributed by atoms with E-state index >= 15 is 0 Å². The van der Waals surface area contributed by atoms with Gasteiger partial charge in [0.15, 0.2) is 0 Å². The minimum absolute atomic E-state index is 0.0481. The molecular weight excluding hydrogens is 214 g/mol. The van der Waals surface area contributed by atoms with Crippen LogP contribution in [0.1, 0.15) is 24.0 Å². The SMILES string of the molecule is Cc1cccc(COC(=O)C2CCNCC2)c1. The van der Waals surface area contributed by atoms with E-state index in [0.717, 1.165) is 31.5 Å². The molecule has 2 rings (SSSR count). The molecule has 1 fully saturated rings. The number of piperidine rings is 1. The van der Waals surface area contributed by atoms with Crippen LogP contribution in [0.3, 0.4) is 0 Å². The highest BCUT2D eigenvalue weighted by Crippen LogP contribution is 2.15. The van der Waals surface area contributed by atoms with Crippen LogP contribution in [0.2, 0.25) is 0 Å². The summed E-state index contributed by atoms with van der Waals surface area (Å²) >= 11 is 0. The molecule has 0 unspecified atom stereocenters. The first-order valence-electron chi connectivity index (χ1n) is 6.18. The molecule has 3 nitrogen and oxygen atoms in total. The number of nitrogens with one attached hydrogen (secondary N) is 1. The Hall–Kier alpha value is -1.35. The summed E-state index contributed by atoms with van der Waals surface area (Å²) in [7, 11) is 0. The average Bonchev–Trinajstić information content (AvgIpc) is 2.37. The van der Waals surface area contributed by atoms with Gasteiger partial charge in [-0.3, -0.25) is 4.79 Å². The van der Waals surface area contributed by atoms with Crippen molar-refractivity contribution >= 4 is 5.97 Å². The lowest BCUT2D eigenvalue weighted by molar-refractivity contribution is -0.150. The third-order valence-electron chi connectivity index (χ3n) is 3.14. The van der Waals surface area contributed by atoms with E-state index in [9.17, 15) is 4.79 Å². The highest BCUT2D eigenvalue weighted by Gasteiger charge is 2.22. The first-order chi connectivity index (χ1) is 8.25. The number of ether oxygens (including phenoxy) is 1. The molecular formula is C14H19NO2. The van der Waals surface area contributed by atoms with E-state index < -0.39 is 0 Å². The molecule has 0 saturated carbocycles. The van der Waals surface area contributed by atoms with Crippen molar-refractivity contribution < 1.29 is 9.53 Å². The summed E-state index contributed by atoms with van der Waals surface area (Å²) in [5.74, 6) is 0.0362.